The first-order chi connectivity index (χ1) is 52.5. The highest BCUT2D eigenvalue weighted by Gasteiger charge is 2.19. The molecule has 0 unspecified atom stereocenters. The Balaban J connectivity index is 0.000000150. The van der Waals surface area contributed by atoms with E-state index in [9.17, 15) is 0 Å². The van der Waals surface area contributed by atoms with Crippen molar-refractivity contribution in [2.45, 2.75) is 0 Å². The third-order valence-electron chi connectivity index (χ3n) is 19.5. The lowest BCUT2D eigenvalue weighted by Gasteiger charge is -2.25. The highest BCUT2D eigenvalue weighted by atomic mass is 16.5. The van der Waals surface area contributed by atoms with Gasteiger partial charge in [0.25, 0.3) is 0 Å². The minimum absolute atomic E-state index is 0.787. The molecule has 0 spiro atoms. The first-order valence-corrected chi connectivity index (χ1v) is 35.7. The maximum atomic E-state index is 6.27. The third-order valence-corrected chi connectivity index (χ3v) is 19.5. The summed E-state index contributed by atoms with van der Waals surface area (Å²) in [6, 6.07) is 143. The number of anilines is 3. The van der Waals surface area contributed by atoms with E-state index >= 15 is 0 Å². The van der Waals surface area contributed by atoms with Crippen LogP contribution < -0.4 is 14.4 Å². The Bertz CT molecular complexity index is 6130. The summed E-state index contributed by atoms with van der Waals surface area (Å²) in [4.78, 5) is 12.3. The fraction of sp³-hybridized carbons (Fsp3) is 0. The topological polar surface area (TPSA) is 62.3 Å². The van der Waals surface area contributed by atoms with Gasteiger partial charge in [-0.05, 0) is 202 Å². The minimum atomic E-state index is 0.787. The summed E-state index contributed by atoms with van der Waals surface area (Å²) in [6.07, 6.45) is 0. The van der Waals surface area contributed by atoms with Gasteiger partial charge in [-0.1, -0.05) is 255 Å². The highest BCUT2D eigenvalue weighted by Crippen LogP contribution is 2.40. The second kappa shape index (κ2) is 28.6. The molecule has 0 saturated carbocycles. The van der Waals surface area contributed by atoms with Gasteiger partial charge in [-0.15, -0.1) is 0 Å². The molecule has 0 fully saturated rings. The molecular formula is C98H68N6O2. The summed E-state index contributed by atoms with van der Waals surface area (Å²) in [6.45, 7) is 0. The van der Waals surface area contributed by atoms with Crippen LogP contribution in [0, 0.1) is 0 Å². The van der Waals surface area contributed by atoms with Crippen LogP contribution in [0.5, 0.6) is 23.0 Å². The van der Waals surface area contributed by atoms with Crippen molar-refractivity contribution in [1.29, 1.82) is 0 Å². The SMILES string of the molecule is c1ccc(-n2c(-c3ccc(-c4ccc(-c5ccc(Oc6ccc(-n7c8ccccc8c8ccccc87)cc6)cc5)cc4)cc3)nc3ccccc32)cc1.c1ccc(N(c2ccccc2)c2ccc(Oc3ccc(-c4ccc(-c5ccc(-c6nc7ccccc7n6-c6ccccc6)cc5)cc4)cc3)cc2)cc1. The number of hydrogen-bond donors (Lipinski definition) is 0. The van der Waals surface area contributed by atoms with Gasteiger partial charge in [-0.25, -0.2) is 9.97 Å². The Morgan fingerprint density at radius 3 is 0.783 bits per heavy atom. The number of nitrogens with zero attached hydrogens (tertiary/aromatic N) is 6. The van der Waals surface area contributed by atoms with Gasteiger partial charge in [0.2, 0.25) is 0 Å². The van der Waals surface area contributed by atoms with Crippen LogP contribution in [0.1, 0.15) is 0 Å². The standard InChI is InChI=1S/C49H33N3O.C49H35N3O/c1-2-10-39(11-3-1)52-48-17-9-6-14-45(48)50-49(52)38-24-22-36(23-25-38)34-18-20-35(21-19-34)37-26-30-41(31-27-37)53-42-32-28-40(29-33-42)51-46-15-7-4-12-43(46)44-13-5-8-16-47(44)51;1-4-12-41(13-5-1)51(42-14-6-2-7-15-42)44-30-34-46(35-31-44)53-45-32-28-39(29-33-45)37-22-20-36(21-23-37)38-24-26-40(27-25-38)49-50-47-18-10-11-19-48(47)52(49)43-16-8-3-9-17-43/h1-33H;1-35H. The Morgan fingerprint density at radius 1 is 0.189 bits per heavy atom. The van der Waals surface area contributed by atoms with E-state index in [4.69, 9.17) is 19.4 Å². The Morgan fingerprint density at radius 2 is 0.434 bits per heavy atom. The van der Waals surface area contributed by atoms with Crippen molar-refractivity contribution in [3.63, 3.8) is 0 Å². The smallest absolute Gasteiger partial charge is 0.145 e. The molecule has 8 nitrogen and oxygen atoms in total. The molecule has 3 heterocycles. The van der Waals surface area contributed by atoms with Crippen LogP contribution in [-0.2, 0) is 0 Å². The van der Waals surface area contributed by atoms with Crippen molar-refractivity contribution in [1.82, 2.24) is 23.7 Å². The van der Waals surface area contributed by atoms with Gasteiger partial charge in [-0.3, -0.25) is 9.13 Å². The van der Waals surface area contributed by atoms with Crippen molar-refractivity contribution >= 4 is 60.9 Å². The summed E-state index contributed by atoms with van der Waals surface area (Å²) < 4.78 is 19.3. The lowest BCUT2D eigenvalue weighted by atomic mass is 9.99. The van der Waals surface area contributed by atoms with Crippen LogP contribution in [0.3, 0.4) is 0 Å². The van der Waals surface area contributed by atoms with Crippen molar-refractivity contribution in [2.24, 2.45) is 0 Å². The number of fused-ring (bicyclic) bond motifs is 5. The van der Waals surface area contributed by atoms with Gasteiger partial charge >= 0.3 is 0 Å². The zero-order chi connectivity index (χ0) is 70.5. The fourth-order valence-corrected chi connectivity index (χ4v) is 14.3. The number of imidazole rings is 2. The number of hydrogen-bond acceptors (Lipinski definition) is 5. The number of ether oxygens (including phenoxy) is 2. The van der Waals surface area contributed by atoms with Crippen molar-refractivity contribution < 1.29 is 9.47 Å². The van der Waals surface area contributed by atoms with E-state index in [-0.39, 0.29) is 0 Å². The third kappa shape index (κ3) is 12.9. The van der Waals surface area contributed by atoms with E-state index in [0.29, 0.717) is 0 Å². The molecule has 106 heavy (non-hydrogen) atoms. The molecule has 0 amide bonds. The zero-order valence-electron chi connectivity index (χ0n) is 57.8. The van der Waals surface area contributed by atoms with Gasteiger partial charge in [0.1, 0.15) is 34.6 Å². The molecular weight excluding hydrogens is 1290 g/mol. The van der Waals surface area contributed by atoms with E-state index in [1.54, 1.807) is 0 Å². The van der Waals surface area contributed by atoms with Crippen LogP contribution in [0.25, 0.3) is 128 Å². The second-order valence-electron chi connectivity index (χ2n) is 26.1. The van der Waals surface area contributed by atoms with Crippen LogP contribution in [0.4, 0.5) is 17.1 Å². The molecule has 0 aliphatic rings. The molecule has 19 aromatic rings. The monoisotopic (exact) mass is 1360 g/mol. The first kappa shape index (κ1) is 63.8. The molecule has 19 rings (SSSR count). The van der Waals surface area contributed by atoms with Crippen molar-refractivity contribution in [2.75, 3.05) is 4.90 Å². The van der Waals surface area contributed by atoms with E-state index in [0.717, 1.165) is 135 Å². The number of para-hydroxylation sites is 10. The molecule has 502 valence electrons. The maximum Gasteiger partial charge on any atom is 0.145 e. The summed E-state index contributed by atoms with van der Waals surface area (Å²) >= 11 is 0. The maximum absolute atomic E-state index is 6.27. The quantitative estimate of drug-likeness (QED) is 0.0965. The van der Waals surface area contributed by atoms with Gasteiger partial charge in [-0.2, -0.15) is 0 Å². The van der Waals surface area contributed by atoms with E-state index < -0.39 is 0 Å². The molecule has 0 saturated heterocycles. The predicted molar refractivity (Wildman–Crippen MR) is 437 cm³/mol. The molecule has 0 atom stereocenters. The van der Waals surface area contributed by atoms with Gasteiger partial charge < -0.3 is 18.9 Å². The summed E-state index contributed by atoms with van der Waals surface area (Å²) in [5, 5.41) is 2.51. The van der Waals surface area contributed by atoms with E-state index in [1.807, 2.05) is 84.9 Å². The van der Waals surface area contributed by atoms with Crippen LogP contribution >= 0.6 is 0 Å². The summed E-state index contributed by atoms with van der Waals surface area (Å²) in [5.41, 5.74) is 24.5. The summed E-state index contributed by atoms with van der Waals surface area (Å²) in [5.74, 6) is 5.05. The first-order valence-electron chi connectivity index (χ1n) is 35.7. The zero-order valence-corrected chi connectivity index (χ0v) is 57.8. The van der Waals surface area contributed by atoms with Crippen molar-refractivity contribution in [3.05, 3.63) is 413 Å². The molecule has 0 aliphatic carbocycles. The molecule has 0 N–H and O–H groups in total. The second-order valence-corrected chi connectivity index (χ2v) is 26.1. The molecule has 0 radical (unpaired) electrons. The van der Waals surface area contributed by atoms with Crippen molar-refractivity contribution in [3.8, 4) is 107 Å². The Kier molecular flexibility index (Phi) is 17.2. The molecule has 0 bridgehead atoms. The number of benzene rings is 16. The van der Waals surface area contributed by atoms with Crippen LogP contribution in [-0.4, -0.2) is 23.7 Å². The normalized spacial score (nSPS) is 11.2. The minimum Gasteiger partial charge on any atom is -0.457 e. The van der Waals surface area contributed by atoms with Gasteiger partial charge in [0.15, 0.2) is 0 Å². The highest BCUT2D eigenvalue weighted by molar-refractivity contribution is 6.09. The van der Waals surface area contributed by atoms with Crippen LogP contribution in [0.2, 0.25) is 0 Å². The molecule has 3 aromatic heterocycles. The van der Waals surface area contributed by atoms with E-state index in [1.165, 1.54) is 32.9 Å². The molecule has 8 heteroatoms. The van der Waals surface area contributed by atoms with Gasteiger partial charge in [0.05, 0.1) is 33.1 Å². The Hall–Kier alpha value is -14.3. The van der Waals surface area contributed by atoms with Gasteiger partial charge in [0, 0.05) is 56.0 Å². The average Bonchev–Trinajstić information content (AvgIpc) is 1.61. The molecule has 0 aliphatic heterocycles. The predicted octanol–water partition coefficient (Wildman–Crippen LogP) is 26.2. The lowest BCUT2D eigenvalue weighted by Crippen LogP contribution is -2.09. The number of aromatic nitrogens is 5. The fourth-order valence-electron chi connectivity index (χ4n) is 14.3. The average molecular weight is 1360 g/mol. The molecule has 16 aromatic carbocycles. The number of rotatable bonds is 16. The Labute approximate surface area is 615 Å². The van der Waals surface area contributed by atoms with Crippen LogP contribution in [0.15, 0.2) is 413 Å². The van der Waals surface area contributed by atoms with E-state index in [2.05, 4.69) is 346 Å². The largest absolute Gasteiger partial charge is 0.457 e. The lowest BCUT2D eigenvalue weighted by molar-refractivity contribution is 0.482. The summed E-state index contributed by atoms with van der Waals surface area (Å²) in [7, 11) is 0.